The molecule has 2 N–H and O–H groups in total. The third-order valence-corrected chi connectivity index (χ3v) is 3.32. The van der Waals surface area contributed by atoms with Crippen molar-refractivity contribution in [3.63, 3.8) is 0 Å². The molecule has 0 spiro atoms. The van der Waals surface area contributed by atoms with E-state index in [0.29, 0.717) is 29.5 Å². The molecule has 4 nitrogen and oxygen atoms in total. The molecule has 0 unspecified atom stereocenters. The molecule has 0 fully saturated rings. The highest BCUT2D eigenvalue weighted by Crippen LogP contribution is 2.26. The largest absolute Gasteiger partial charge is 0.383 e. The Bertz CT molecular complexity index is 597. The molecule has 0 saturated carbocycles. The van der Waals surface area contributed by atoms with E-state index in [2.05, 4.69) is 38.0 Å². The zero-order valence-corrected chi connectivity index (χ0v) is 12.3. The van der Waals surface area contributed by atoms with Gasteiger partial charge in [0.25, 0.3) is 0 Å². The van der Waals surface area contributed by atoms with Gasteiger partial charge in [0.1, 0.15) is 11.5 Å². The molecule has 0 bridgehead atoms. The number of nitrogens with zero attached hydrogens (tertiary/aromatic N) is 2. The van der Waals surface area contributed by atoms with Gasteiger partial charge in [0.2, 0.25) is 0 Å². The fraction of sp³-hybridized carbons (Fsp3) is 0.375. The number of nitrogen functional groups attached to an aromatic ring is 1. The van der Waals surface area contributed by atoms with Gasteiger partial charge in [-0.2, -0.15) is 5.10 Å². The van der Waals surface area contributed by atoms with Gasteiger partial charge in [-0.3, -0.25) is 4.79 Å². The van der Waals surface area contributed by atoms with E-state index in [9.17, 15) is 4.79 Å². The predicted molar refractivity (Wildman–Crippen MR) is 81.7 cm³/mol. The van der Waals surface area contributed by atoms with Crippen molar-refractivity contribution >= 4 is 12.1 Å². The van der Waals surface area contributed by atoms with Crippen LogP contribution < -0.4 is 5.73 Å². The van der Waals surface area contributed by atoms with Crippen LogP contribution in [-0.4, -0.2) is 16.1 Å². The van der Waals surface area contributed by atoms with Gasteiger partial charge in [0.05, 0.1) is 5.56 Å². The van der Waals surface area contributed by atoms with Gasteiger partial charge in [-0.25, -0.2) is 4.68 Å². The first kappa shape index (κ1) is 14.3. The van der Waals surface area contributed by atoms with Crippen LogP contribution in [0.4, 0.5) is 5.82 Å². The van der Waals surface area contributed by atoms with Crippen LogP contribution in [0, 0.1) is 5.92 Å². The number of hydrogen-bond donors (Lipinski definition) is 1. The molecule has 4 heteroatoms. The fourth-order valence-electron chi connectivity index (χ4n) is 2.20. The minimum absolute atomic E-state index is 0.423. The molecule has 1 aromatic carbocycles. The van der Waals surface area contributed by atoms with Gasteiger partial charge >= 0.3 is 0 Å². The molecular weight excluding hydrogens is 250 g/mol. The Kier molecular flexibility index (Phi) is 4.23. The number of carbonyl (C=O) groups is 1. The number of aldehydes is 1. The van der Waals surface area contributed by atoms with Crippen molar-refractivity contribution in [3.8, 4) is 11.3 Å². The van der Waals surface area contributed by atoms with Gasteiger partial charge in [0, 0.05) is 12.1 Å². The number of aryl methyl sites for hydroxylation is 1. The van der Waals surface area contributed by atoms with E-state index in [0.717, 1.165) is 18.3 Å². The molecule has 0 aliphatic rings. The quantitative estimate of drug-likeness (QED) is 0.850. The second kappa shape index (κ2) is 5.90. The zero-order chi connectivity index (χ0) is 14.7. The molecule has 0 amide bonds. The molecule has 2 aromatic rings. The first-order valence-electron chi connectivity index (χ1n) is 6.97. The molecule has 1 heterocycles. The van der Waals surface area contributed by atoms with E-state index in [1.54, 1.807) is 4.68 Å². The summed E-state index contributed by atoms with van der Waals surface area (Å²) in [5.41, 5.74) is 9.36. The molecular formula is C16H21N3O. The Balaban J connectivity index is 2.46. The van der Waals surface area contributed by atoms with E-state index >= 15 is 0 Å². The van der Waals surface area contributed by atoms with Crippen LogP contribution in [0.1, 0.15) is 36.7 Å². The number of aromatic nitrogens is 2. The molecule has 106 valence electrons. The summed E-state index contributed by atoms with van der Waals surface area (Å²) < 4.78 is 1.72. The Morgan fingerprint density at radius 3 is 2.45 bits per heavy atom. The van der Waals surface area contributed by atoms with Gasteiger partial charge in [0.15, 0.2) is 6.29 Å². The van der Waals surface area contributed by atoms with Crippen LogP contribution in [-0.2, 0) is 13.0 Å². The first-order chi connectivity index (χ1) is 9.56. The Labute approximate surface area is 119 Å². The first-order valence-corrected chi connectivity index (χ1v) is 6.97. The fourth-order valence-corrected chi connectivity index (χ4v) is 2.20. The maximum atomic E-state index is 11.3. The summed E-state index contributed by atoms with van der Waals surface area (Å²) >= 11 is 0. The second-order valence-electron chi connectivity index (χ2n) is 5.39. The lowest BCUT2D eigenvalue weighted by Gasteiger charge is -2.06. The van der Waals surface area contributed by atoms with E-state index in [1.165, 1.54) is 5.56 Å². The average molecular weight is 271 g/mol. The summed E-state index contributed by atoms with van der Waals surface area (Å²) in [6.45, 7) is 7.01. The van der Waals surface area contributed by atoms with Crippen molar-refractivity contribution in [3.05, 3.63) is 35.4 Å². The summed E-state index contributed by atoms with van der Waals surface area (Å²) in [5.74, 6) is 0.871. The minimum atomic E-state index is 0.423. The summed E-state index contributed by atoms with van der Waals surface area (Å²) in [6, 6.07) is 8.10. The highest BCUT2D eigenvalue weighted by atomic mass is 16.1. The van der Waals surface area contributed by atoms with Crippen LogP contribution in [0.5, 0.6) is 0 Å². The van der Waals surface area contributed by atoms with Crippen molar-refractivity contribution in [2.24, 2.45) is 5.92 Å². The smallest absolute Gasteiger partial charge is 0.156 e. The van der Waals surface area contributed by atoms with Crippen molar-refractivity contribution in [2.45, 2.75) is 33.7 Å². The lowest BCUT2D eigenvalue weighted by Crippen LogP contribution is -2.09. The van der Waals surface area contributed by atoms with E-state index < -0.39 is 0 Å². The summed E-state index contributed by atoms with van der Waals surface area (Å²) in [4.78, 5) is 11.3. The maximum absolute atomic E-state index is 11.3. The normalized spacial score (nSPS) is 11.0. The molecule has 0 saturated heterocycles. The lowest BCUT2D eigenvalue weighted by atomic mass is 10.1. The molecule has 0 atom stereocenters. The SMILES string of the molecule is CCc1ccc(-c2nn(CC(C)C)c(N)c2C=O)cc1. The summed E-state index contributed by atoms with van der Waals surface area (Å²) in [7, 11) is 0. The highest BCUT2D eigenvalue weighted by Gasteiger charge is 2.17. The van der Waals surface area contributed by atoms with Gasteiger partial charge in [-0.1, -0.05) is 45.0 Å². The standard InChI is InChI=1S/C16H21N3O/c1-4-12-5-7-13(8-6-12)15-14(10-20)16(17)19(18-15)9-11(2)3/h5-8,10-11H,4,9,17H2,1-3H3. The molecule has 0 aliphatic carbocycles. The van der Waals surface area contributed by atoms with Crippen molar-refractivity contribution in [2.75, 3.05) is 5.73 Å². The monoisotopic (exact) mass is 271 g/mol. The molecule has 2 rings (SSSR count). The van der Waals surface area contributed by atoms with Crippen LogP contribution >= 0.6 is 0 Å². The lowest BCUT2D eigenvalue weighted by molar-refractivity contribution is 0.112. The average Bonchev–Trinajstić information content (AvgIpc) is 2.75. The Morgan fingerprint density at radius 2 is 1.95 bits per heavy atom. The Morgan fingerprint density at radius 1 is 1.30 bits per heavy atom. The van der Waals surface area contributed by atoms with Crippen molar-refractivity contribution in [1.29, 1.82) is 0 Å². The number of anilines is 1. The van der Waals surface area contributed by atoms with Crippen LogP contribution in [0.25, 0.3) is 11.3 Å². The molecule has 1 aromatic heterocycles. The molecule has 20 heavy (non-hydrogen) atoms. The Hall–Kier alpha value is -2.10. The van der Waals surface area contributed by atoms with E-state index in [4.69, 9.17) is 5.73 Å². The number of hydrogen-bond acceptors (Lipinski definition) is 3. The van der Waals surface area contributed by atoms with Crippen LogP contribution in [0.15, 0.2) is 24.3 Å². The van der Waals surface area contributed by atoms with Gasteiger partial charge in [-0.05, 0) is 17.9 Å². The van der Waals surface area contributed by atoms with Crippen molar-refractivity contribution < 1.29 is 4.79 Å². The second-order valence-corrected chi connectivity index (χ2v) is 5.39. The van der Waals surface area contributed by atoms with Gasteiger partial charge < -0.3 is 5.73 Å². The maximum Gasteiger partial charge on any atom is 0.156 e. The number of rotatable bonds is 5. The summed E-state index contributed by atoms with van der Waals surface area (Å²) in [6.07, 6.45) is 1.78. The summed E-state index contributed by atoms with van der Waals surface area (Å²) in [5, 5.41) is 4.51. The van der Waals surface area contributed by atoms with Crippen LogP contribution in [0.3, 0.4) is 0 Å². The molecule has 0 aliphatic heterocycles. The zero-order valence-electron chi connectivity index (χ0n) is 12.3. The van der Waals surface area contributed by atoms with Crippen LogP contribution in [0.2, 0.25) is 0 Å². The predicted octanol–water partition coefficient (Wildman–Crippen LogP) is 3.16. The van der Waals surface area contributed by atoms with Crippen molar-refractivity contribution in [1.82, 2.24) is 9.78 Å². The van der Waals surface area contributed by atoms with E-state index in [-0.39, 0.29) is 0 Å². The highest BCUT2D eigenvalue weighted by molar-refractivity contribution is 5.91. The van der Waals surface area contributed by atoms with E-state index in [1.807, 2.05) is 12.1 Å². The van der Waals surface area contributed by atoms with Gasteiger partial charge in [-0.15, -0.1) is 0 Å². The third kappa shape index (κ3) is 2.74. The third-order valence-electron chi connectivity index (χ3n) is 3.32. The molecule has 0 radical (unpaired) electrons. The number of carbonyl (C=O) groups excluding carboxylic acids is 1. The number of nitrogens with two attached hydrogens (primary N) is 1. The minimum Gasteiger partial charge on any atom is -0.383 e. The number of benzene rings is 1. The topological polar surface area (TPSA) is 60.9 Å².